The summed E-state index contributed by atoms with van der Waals surface area (Å²) in [6, 6.07) is 0. The summed E-state index contributed by atoms with van der Waals surface area (Å²) in [5.41, 5.74) is 0.453. The molecule has 84 valence electrons. The van der Waals surface area contributed by atoms with Crippen LogP contribution in [-0.2, 0) is 4.74 Å². The highest BCUT2D eigenvalue weighted by Gasteiger charge is 2.07. The van der Waals surface area contributed by atoms with E-state index in [1.54, 1.807) is 0 Å². The van der Waals surface area contributed by atoms with Gasteiger partial charge in [0.1, 0.15) is 0 Å². The van der Waals surface area contributed by atoms with E-state index in [1.807, 2.05) is 11.8 Å². The van der Waals surface area contributed by atoms with Crippen LogP contribution in [0.2, 0.25) is 0 Å². The van der Waals surface area contributed by atoms with Crippen molar-refractivity contribution in [1.29, 1.82) is 0 Å². The number of ether oxygens (including phenoxy) is 1. The quantitative estimate of drug-likeness (QED) is 0.650. The Labute approximate surface area is 101 Å². The second-order valence-corrected chi connectivity index (χ2v) is 7.93. The molecule has 0 aromatic heterocycles. The molecule has 1 unspecified atom stereocenters. The predicted molar refractivity (Wildman–Crippen MR) is 71.5 cm³/mol. The maximum absolute atomic E-state index is 5.24. The van der Waals surface area contributed by atoms with Gasteiger partial charge in [0.15, 0.2) is 0 Å². The van der Waals surface area contributed by atoms with E-state index in [1.165, 1.54) is 30.1 Å². The van der Waals surface area contributed by atoms with Crippen LogP contribution in [0.3, 0.4) is 0 Å². The van der Waals surface area contributed by atoms with Gasteiger partial charge in [-0.1, -0.05) is 0 Å². The average Bonchev–Trinajstić information content (AvgIpc) is 2.21. The molecule has 2 aliphatic rings. The van der Waals surface area contributed by atoms with Gasteiger partial charge in [-0.05, 0) is 43.9 Å². The van der Waals surface area contributed by atoms with E-state index in [-0.39, 0.29) is 0 Å². The molecule has 0 aromatic carbocycles. The summed E-state index contributed by atoms with van der Waals surface area (Å²) in [6.45, 7) is 5.35. The molecule has 0 bridgehead atoms. The molecule has 0 N–H and O–H groups in total. The molecule has 0 spiro atoms. The van der Waals surface area contributed by atoms with Crippen LogP contribution in [0.15, 0.2) is 0 Å². The van der Waals surface area contributed by atoms with Crippen molar-refractivity contribution in [3.63, 3.8) is 0 Å². The standard InChI is InChI=1S/C5H10OS.C5H10S2/c2*1-5-6-3-2-4-7-5/h2*5H,2-4H2,1H3. The topological polar surface area (TPSA) is 9.23 Å². The van der Waals surface area contributed by atoms with E-state index in [9.17, 15) is 0 Å². The van der Waals surface area contributed by atoms with Gasteiger partial charge in [0.2, 0.25) is 0 Å². The van der Waals surface area contributed by atoms with Gasteiger partial charge >= 0.3 is 0 Å². The Morgan fingerprint density at radius 3 is 1.86 bits per heavy atom. The smallest absolute Gasteiger partial charge is 0.0999 e. The lowest BCUT2D eigenvalue weighted by molar-refractivity contribution is 0.117. The van der Waals surface area contributed by atoms with Crippen molar-refractivity contribution in [3.05, 3.63) is 0 Å². The third-order valence-electron chi connectivity index (χ3n) is 1.99. The van der Waals surface area contributed by atoms with Crippen molar-refractivity contribution < 1.29 is 4.74 Å². The molecule has 4 heteroatoms. The van der Waals surface area contributed by atoms with Crippen molar-refractivity contribution in [2.75, 3.05) is 23.9 Å². The van der Waals surface area contributed by atoms with E-state index < -0.39 is 0 Å². The Balaban J connectivity index is 0.000000140. The van der Waals surface area contributed by atoms with Crippen LogP contribution in [-0.4, -0.2) is 33.9 Å². The van der Waals surface area contributed by atoms with Crippen LogP contribution < -0.4 is 0 Å². The molecule has 2 saturated heterocycles. The van der Waals surface area contributed by atoms with Crippen LogP contribution in [0.4, 0.5) is 0 Å². The summed E-state index contributed by atoms with van der Waals surface area (Å²) >= 11 is 6.06. The Morgan fingerprint density at radius 1 is 0.929 bits per heavy atom. The fourth-order valence-corrected chi connectivity index (χ4v) is 4.45. The van der Waals surface area contributed by atoms with E-state index >= 15 is 0 Å². The highest BCUT2D eigenvalue weighted by atomic mass is 32.2. The maximum atomic E-state index is 5.24. The van der Waals surface area contributed by atoms with Crippen molar-refractivity contribution in [1.82, 2.24) is 0 Å². The first-order valence-electron chi connectivity index (χ1n) is 5.25. The van der Waals surface area contributed by atoms with Gasteiger partial charge in [-0.25, -0.2) is 0 Å². The van der Waals surface area contributed by atoms with Gasteiger partial charge in [0.05, 0.1) is 5.44 Å². The van der Waals surface area contributed by atoms with Gasteiger partial charge in [-0.2, -0.15) is 0 Å². The zero-order valence-electron chi connectivity index (χ0n) is 9.03. The third kappa shape index (κ3) is 6.49. The number of hydrogen-bond donors (Lipinski definition) is 0. The van der Waals surface area contributed by atoms with Gasteiger partial charge in [0.25, 0.3) is 0 Å². The number of rotatable bonds is 0. The first-order chi connectivity index (χ1) is 6.79. The predicted octanol–water partition coefficient (Wildman–Crippen LogP) is 3.69. The molecule has 0 aromatic rings. The normalized spacial score (nSPS) is 29.1. The van der Waals surface area contributed by atoms with Crippen molar-refractivity contribution in [2.45, 2.75) is 36.7 Å². The van der Waals surface area contributed by atoms with Gasteiger partial charge in [-0.15, -0.1) is 35.3 Å². The molecule has 1 atom stereocenters. The SMILES string of the molecule is CC1OCCCS1.CC1SCCCS1. The van der Waals surface area contributed by atoms with E-state index in [4.69, 9.17) is 4.74 Å². The minimum Gasteiger partial charge on any atom is -0.368 e. The molecule has 0 amide bonds. The second-order valence-electron chi connectivity index (χ2n) is 3.33. The molecule has 2 aliphatic heterocycles. The molecule has 0 aliphatic carbocycles. The lowest BCUT2D eigenvalue weighted by Gasteiger charge is -2.16. The lowest BCUT2D eigenvalue weighted by atomic mass is 10.5. The monoisotopic (exact) mass is 252 g/mol. The molecule has 0 saturated carbocycles. The molecule has 1 nitrogen and oxygen atoms in total. The van der Waals surface area contributed by atoms with Crippen LogP contribution >= 0.6 is 35.3 Å². The Morgan fingerprint density at radius 2 is 1.57 bits per heavy atom. The highest BCUT2D eigenvalue weighted by molar-refractivity contribution is 8.17. The van der Waals surface area contributed by atoms with Crippen LogP contribution in [0.25, 0.3) is 0 Å². The third-order valence-corrected chi connectivity index (χ3v) is 5.92. The largest absolute Gasteiger partial charge is 0.368 e. The van der Waals surface area contributed by atoms with E-state index in [0.717, 1.165) is 11.2 Å². The number of hydrogen-bond acceptors (Lipinski definition) is 4. The maximum Gasteiger partial charge on any atom is 0.0999 e. The van der Waals surface area contributed by atoms with Crippen molar-refractivity contribution in [2.24, 2.45) is 0 Å². The summed E-state index contributed by atoms with van der Waals surface area (Å²) in [7, 11) is 0. The van der Waals surface area contributed by atoms with Gasteiger partial charge < -0.3 is 4.74 Å². The minimum absolute atomic E-state index is 0.453. The zero-order chi connectivity index (χ0) is 10.2. The molecule has 2 rings (SSSR count). The van der Waals surface area contributed by atoms with Crippen LogP contribution in [0.5, 0.6) is 0 Å². The first kappa shape index (κ1) is 13.1. The summed E-state index contributed by atoms with van der Waals surface area (Å²) < 4.78 is 6.11. The van der Waals surface area contributed by atoms with Gasteiger partial charge in [-0.3, -0.25) is 0 Å². The summed E-state index contributed by atoms with van der Waals surface area (Å²) in [5.74, 6) is 4.05. The molecular formula is C10H20OS3. The summed E-state index contributed by atoms with van der Waals surface area (Å²) in [5, 5.41) is 0. The van der Waals surface area contributed by atoms with E-state index in [0.29, 0.717) is 5.44 Å². The Kier molecular flexibility index (Phi) is 7.66. The zero-order valence-corrected chi connectivity index (χ0v) is 11.5. The number of thioether (sulfide) groups is 3. The summed E-state index contributed by atoms with van der Waals surface area (Å²) in [4.78, 5) is 0. The average molecular weight is 252 g/mol. The molecule has 2 heterocycles. The fraction of sp³-hybridized carbons (Fsp3) is 1.00. The van der Waals surface area contributed by atoms with Gasteiger partial charge in [0, 0.05) is 11.2 Å². The highest BCUT2D eigenvalue weighted by Crippen LogP contribution is 2.29. The Hall–Kier alpha value is 1.01. The van der Waals surface area contributed by atoms with Crippen molar-refractivity contribution in [3.8, 4) is 0 Å². The molecular weight excluding hydrogens is 232 g/mol. The first-order valence-corrected chi connectivity index (χ1v) is 8.40. The fourth-order valence-electron chi connectivity index (χ4n) is 1.21. The minimum atomic E-state index is 0.453. The van der Waals surface area contributed by atoms with Crippen molar-refractivity contribution >= 4 is 35.3 Å². The van der Waals surface area contributed by atoms with E-state index in [2.05, 4.69) is 37.4 Å². The molecule has 14 heavy (non-hydrogen) atoms. The van der Waals surface area contributed by atoms with Crippen LogP contribution in [0, 0.1) is 0 Å². The molecule has 0 radical (unpaired) electrons. The second kappa shape index (κ2) is 8.20. The molecule has 2 fully saturated rings. The summed E-state index contributed by atoms with van der Waals surface area (Å²) in [6.07, 6.45) is 2.65. The Bertz CT molecular complexity index is 115. The van der Waals surface area contributed by atoms with Crippen LogP contribution in [0.1, 0.15) is 26.7 Å². The lowest BCUT2D eigenvalue weighted by Crippen LogP contribution is -2.11.